The fourth-order valence-electron chi connectivity index (χ4n) is 3.85. The molecule has 16 heteroatoms. The Hall–Kier alpha value is -4.46. The van der Waals surface area contributed by atoms with Crippen molar-refractivity contribution in [2.45, 2.75) is 85.1 Å². The molecule has 264 valence electrons. The summed E-state index contributed by atoms with van der Waals surface area (Å²) < 4.78 is 39.6. The molecule has 2 aromatic carbocycles. The summed E-state index contributed by atoms with van der Waals surface area (Å²) in [6.07, 6.45) is -4.67. The van der Waals surface area contributed by atoms with Crippen molar-refractivity contribution in [3.8, 4) is 0 Å². The second-order valence-corrected chi connectivity index (χ2v) is 14.7. The van der Waals surface area contributed by atoms with Crippen LogP contribution < -0.4 is 16.0 Å². The first-order valence-corrected chi connectivity index (χ1v) is 16.6. The van der Waals surface area contributed by atoms with Gasteiger partial charge in [0.2, 0.25) is 5.96 Å². The van der Waals surface area contributed by atoms with Crippen LogP contribution in [0.1, 0.15) is 72.6 Å². The van der Waals surface area contributed by atoms with E-state index in [2.05, 4.69) is 20.9 Å². The molecule has 2 aromatic rings. The first-order chi connectivity index (χ1) is 22.2. The normalized spacial score (nSPS) is 14.5. The van der Waals surface area contributed by atoms with Crippen LogP contribution in [0.15, 0.2) is 59.6 Å². The number of anilines is 1. The number of methoxy groups -OCH3 is 1. The molecule has 0 saturated carbocycles. The number of hydrogen-bond donors (Lipinski definition) is 4. The highest BCUT2D eigenvalue weighted by Crippen LogP contribution is 2.53. The number of nitrogens with zero attached hydrogens (tertiary/aromatic N) is 1. The molecule has 2 unspecified atom stereocenters. The summed E-state index contributed by atoms with van der Waals surface area (Å²) in [5.74, 6) is -3.51. The van der Waals surface area contributed by atoms with Crippen LogP contribution in [0.3, 0.4) is 0 Å². The predicted molar refractivity (Wildman–Crippen MR) is 177 cm³/mol. The monoisotopic (exact) mass is 692 g/mol. The maximum absolute atomic E-state index is 13.6. The number of carbonyl (C=O) groups excluding carboxylic acids is 4. The van der Waals surface area contributed by atoms with E-state index in [1.807, 2.05) is 0 Å². The van der Waals surface area contributed by atoms with Gasteiger partial charge in [0.05, 0.1) is 7.11 Å². The van der Waals surface area contributed by atoms with Gasteiger partial charge in [0.25, 0.3) is 0 Å². The molecule has 0 fully saturated rings. The van der Waals surface area contributed by atoms with E-state index >= 15 is 0 Å². The Morgan fingerprint density at radius 2 is 1.52 bits per heavy atom. The van der Waals surface area contributed by atoms with Gasteiger partial charge in [-0.1, -0.05) is 56.3 Å². The van der Waals surface area contributed by atoms with E-state index in [9.17, 15) is 28.6 Å². The highest BCUT2D eigenvalue weighted by Gasteiger charge is 2.41. The zero-order chi connectivity index (χ0) is 36.3. The van der Waals surface area contributed by atoms with Crippen molar-refractivity contribution in [1.29, 1.82) is 0 Å². The lowest BCUT2D eigenvalue weighted by atomic mass is 10.1. The van der Waals surface area contributed by atoms with Crippen molar-refractivity contribution in [1.82, 2.24) is 10.6 Å². The van der Waals surface area contributed by atoms with Gasteiger partial charge in [0, 0.05) is 5.69 Å². The first-order valence-electron chi connectivity index (χ1n) is 14.9. The summed E-state index contributed by atoms with van der Waals surface area (Å²) in [5.41, 5.74) is -0.839. The van der Waals surface area contributed by atoms with Crippen LogP contribution in [0.4, 0.5) is 20.1 Å². The number of guanidine groups is 1. The van der Waals surface area contributed by atoms with Crippen molar-refractivity contribution >= 4 is 43.5 Å². The molecule has 3 amide bonds. The summed E-state index contributed by atoms with van der Waals surface area (Å²) in [4.78, 5) is 65.3. The van der Waals surface area contributed by atoms with Crippen LogP contribution in [-0.2, 0) is 39.4 Å². The summed E-state index contributed by atoms with van der Waals surface area (Å²) >= 11 is 0. The lowest BCUT2D eigenvalue weighted by molar-refractivity contribution is -0.149. The number of alkyl carbamates (subject to hydrolysis) is 2. The van der Waals surface area contributed by atoms with E-state index < -0.39 is 60.9 Å². The largest absolute Gasteiger partial charge is 0.467 e. The average molecular weight is 693 g/mol. The maximum atomic E-state index is 13.6. The lowest BCUT2D eigenvalue weighted by Gasteiger charge is -2.29. The molecule has 48 heavy (non-hydrogen) atoms. The van der Waals surface area contributed by atoms with Crippen LogP contribution in [0.2, 0.25) is 0 Å². The van der Waals surface area contributed by atoms with E-state index in [4.69, 9.17) is 23.5 Å². The molecular formula is C32H45N4O11P. The molecular weight excluding hydrogens is 647 g/mol. The van der Waals surface area contributed by atoms with Gasteiger partial charge in [-0.2, -0.15) is 0 Å². The molecule has 0 aliphatic heterocycles. The summed E-state index contributed by atoms with van der Waals surface area (Å²) in [5, 5.41) is 7.46. The maximum Gasteiger partial charge on any atom is 0.437 e. The van der Waals surface area contributed by atoms with Gasteiger partial charge < -0.3 is 34.5 Å². The molecule has 0 aromatic heterocycles. The lowest BCUT2D eigenvalue weighted by Crippen LogP contribution is -2.40. The number of nitrogens with one attached hydrogen (secondary N) is 3. The molecule has 3 atom stereocenters. The van der Waals surface area contributed by atoms with Gasteiger partial charge in [0.15, 0.2) is 6.10 Å². The molecule has 0 aliphatic carbocycles. The van der Waals surface area contributed by atoms with Crippen LogP contribution in [0.25, 0.3) is 0 Å². The third kappa shape index (κ3) is 14.1. The van der Waals surface area contributed by atoms with E-state index in [0.29, 0.717) is 5.56 Å². The second kappa shape index (κ2) is 17.1. The van der Waals surface area contributed by atoms with Gasteiger partial charge in [-0.05, 0) is 70.7 Å². The smallest absolute Gasteiger partial charge is 0.437 e. The zero-order valence-corrected chi connectivity index (χ0v) is 29.5. The standard InChI is InChI=1S/C32H45N4O11P/c1-20(2)25(34-28(38)44-19-21-14-11-10-12-15-21)48(41,42)47-24(26(37)43-9)22-16-13-17-23(18-22)33-27(35-29(39)45-31(3,4)5)36-30(40)46-32(6,7)8/h10-18,20,24-25H,19H2,1-9H3,(H,34,38)(H,41,42)(H2,33,35,36,39,40)/t24?,25-/m1/s1. The highest BCUT2D eigenvalue weighted by atomic mass is 31.2. The van der Waals surface area contributed by atoms with Crippen molar-refractivity contribution in [2.75, 3.05) is 12.4 Å². The Bertz CT molecular complexity index is 1500. The van der Waals surface area contributed by atoms with Crippen molar-refractivity contribution in [3.05, 3.63) is 65.7 Å². The summed E-state index contributed by atoms with van der Waals surface area (Å²) in [6, 6.07) is 14.6. The van der Waals surface area contributed by atoms with E-state index in [-0.39, 0.29) is 23.8 Å². The molecule has 0 heterocycles. The Balaban J connectivity index is 2.35. The highest BCUT2D eigenvalue weighted by molar-refractivity contribution is 7.53. The average Bonchev–Trinajstić information content (AvgIpc) is 2.95. The molecule has 0 saturated heterocycles. The third-order valence-corrected chi connectivity index (χ3v) is 7.74. The van der Waals surface area contributed by atoms with Crippen LogP contribution in [0, 0.1) is 5.92 Å². The van der Waals surface area contributed by atoms with Gasteiger partial charge in [-0.15, -0.1) is 4.99 Å². The number of benzene rings is 2. The molecule has 15 nitrogen and oxygen atoms in total. The second-order valence-electron chi connectivity index (χ2n) is 12.8. The van der Waals surface area contributed by atoms with Crippen molar-refractivity contribution in [3.63, 3.8) is 0 Å². The topological polar surface area (TPSA) is 200 Å². The number of carbonyl (C=O) groups is 4. The van der Waals surface area contributed by atoms with E-state index in [1.54, 1.807) is 85.7 Å². The Labute approximate surface area is 280 Å². The Kier molecular flexibility index (Phi) is 14.1. The molecule has 4 N–H and O–H groups in total. The molecule has 0 radical (unpaired) electrons. The molecule has 0 aliphatic rings. The van der Waals surface area contributed by atoms with Crippen LogP contribution in [-0.4, -0.2) is 59.2 Å². The first kappa shape index (κ1) is 39.7. The van der Waals surface area contributed by atoms with Gasteiger partial charge >= 0.3 is 31.8 Å². The fourth-order valence-corrected chi connectivity index (χ4v) is 5.52. The zero-order valence-electron chi connectivity index (χ0n) is 28.6. The van der Waals surface area contributed by atoms with Gasteiger partial charge in [-0.25, -0.2) is 19.2 Å². The van der Waals surface area contributed by atoms with E-state index in [1.165, 1.54) is 24.3 Å². The third-order valence-electron chi connectivity index (χ3n) is 5.80. The molecule has 0 bridgehead atoms. The predicted octanol–water partition coefficient (Wildman–Crippen LogP) is 6.24. The fraction of sp³-hybridized carbons (Fsp3) is 0.469. The minimum absolute atomic E-state index is 0.0455. The minimum atomic E-state index is -4.81. The number of amides is 3. The molecule has 0 spiro atoms. The number of ether oxygens (including phenoxy) is 4. The quantitative estimate of drug-likeness (QED) is 0.0719. The van der Waals surface area contributed by atoms with Gasteiger partial charge in [-0.3, -0.25) is 14.4 Å². The number of aliphatic imine (C=N–C) groups is 1. The number of esters is 1. The van der Waals surface area contributed by atoms with Crippen LogP contribution in [0.5, 0.6) is 0 Å². The summed E-state index contributed by atoms with van der Waals surface area (Å²) in [6.45, 7) is 12.9. The number of hydrogen-bond acceptors (Lipinski definition) is 10. The SMILES string of the molecule is COC(=O)C(OP(=O)(O)[C@@H](NC(=O)OCc1ccccc1)C(C)C)c1cccc(NC(=NC(=O)OC(C)(C)C)NC(=O)OC(C)(C)C)c1. The van der Waals surface area contributed by atoms with Crippen molar-refractivity contribution < 1.29 is 52.1 Å². The number of rotatable bonds is 10. The molecule has 2 rings (SSSR count). The minimum Gasteiger partial charge on any atom is -0.467 e. The van der Waals surface area contributed by atoms with Crippen molar-refractivity contribution in [2.24, 2.45) is 10.9 Å². The Morgan fingerprint density at radius 3 is 2.08 bits per heavy atom. The van der Waals surface area contributed by atoms with Crippen LogP contribution >= 0.6 is 7.60 Å². The summed E-state index contributed by atoms with van der Waals surface area (Å²) in [7, 11) is -3.74. The van der Waals surface area contributed by atoms with Gasteiger partial charge in [0.1, 0.15) is 23.6 Å². The van der Waals surface area contributed by atoms with E-state index in [0.717, 1.165) is 7.11 Å². The Morgan fingerprint density at radius 1 is 0.896 bits per heavy atom.